The first kappa shape index (κ1) is 13.7. The molecule has 1 rings (SSSR count). The van der Waals surface area contributed by atoms with E-state index in [9.17, 15) is 18.3 Å². The second-order valence-electron chi connectivity index (χ2n) is 4.56. The van der Waals surface area contributed by atoms with Gasteiger partial charge in [0.2, 0.25) is 0 Å². The molecule has 6 heteroatoms. The minimum Gasteiger partial charge on any atom is -0.392 e. The van der Waals surface area contributed by atoms with Gasteiger partial charge in [0.1, 0.15) is 0 Å². The highest BCUT2D eigenvalue weighted by Crippen LogP contribution is 2.41. The number of aliphatic hydroxyl groups is 2. The maximum atomic E-state index is 12.5. The van der Waals surface area contributed by atoms with E-state index in [4.69, 9.17) is 5.11 Å². The Morgan fingerprint density at radius 3 is 2.25 bits per heavy atom. The van der Waals surface area contributed by atoms with Gasteiger partial charge in [-0.15, -0.1) is 0 Å². The van der Waals surface area contributed by atoms with Crippen molar-refractivity contribution >= 4 is 0 Å². The van der Waals surface area contributed by atoms with Gasteiger partial charge in [-0.25, -0.2) is 0 Å². The summed E-state index contributed by atoms with van der Waals surface area (Å²) in [5, 5.41) is 21.4. The molecule has 1 fully saturated rings. The summed E-state index contributed by atoms with van der Waals surface area (Å²) in [4.78, 5) is 0. The zero-order chi connectivity index (χ0) is 12.4. The van der Waals surface area contributed by atoms with Crippen LogP contribution in [0.4, 0.5) is 13.2 Å². The van der Waals surface area contributed by atoms with Crippen molar-refractivity contribution in [1.82, 2.24) is 5.32 Å². The van der Waals surface area contributed by atoms with Crippen LogP contribution in [-0.2, 0) is 0 Å². The molecule has 0 aromatic heterocycles. The van der Waals surface area contributed by atoms with Gasteiger partial charge < -0.3 is 15.5 Å². The van der Waals surface area contributed by atoms with E-state index in [0.717, 1.165) is 0 Å². The monoisotopic (exact) mass is 241 g/mol. The summed E-state index contributed by atoms with van der Waals surface area (Å²) in [6.07, 6.45) is -5.03. The molecule has 16 heavy (non-hydrogen) atoms. The fraction of sp³-hybridized carbons (Fsp3) is 1.00. The van der Waals surface area contributed by atoms with Crippen LogP contribution < -0.4 is 5.32 Å². The van der Waals surface area contributed by atoms with Gasteiger partial charge in [-0.05, 0) is 32.6 Å². The number of halogens is 3. The number of rotatable bonds is 3. The third-order valence-electron chi connectivity index (χ3n) is 3.04. The summed E-state index contributed by atoms with van der Waals surface area (Å²) in [5.74, 6) is 0. The van der Waals surface area contributed by atoms with Gasteiger partial charge in [-0.2, -0.15) is 13.2 Å². The minimum absolute atomic E-state index is 0.0442. The molecule has 0 amide bonds. The Bertz CT molecular complexity index is 223. The lowest BCUT2D eigenvalue weighted by Gasteiger charge is -2.37. The molecule has 0 aromatic rings. The molecule has 3 nitrogen and oxygen atoms in total. The van der Waals surface area contributed by atoms with Crippen molar-refractivity contribution in [2.24, 2.45) is 0 Å². The molecule has 0 spiro atoms. The van der Waals surface area contributed by atoms with E-state index in [1.54, 1.807) is 6.92 Å². The highest BCUT2D eigenvalue weighted by Gasteiger charge is 2.54. The molecule has 1 saturated carbocycles. The molecule has 1 atom stereocenters. The van der Waals surface area contributed by atoms with E-state index in [1.807, 2.05) is 0 Å². The Hall–Kier alpha value is -0.330. The smallest absolute Gasteiger partial charge is 0.392 e. The van der Waals surface area contributed by atoms with Gasteiger partial charge >= 0.3 is 6.18 Å². The van der Waals surface area contributed by atoms with Gasteiger partial charge in [0.25, 0.3) is 0 Å². The highest BCUT2D eigenvalue weighted by atomic mass is 19.4. The number of nitrogens with one attached hydrogen (secondary N) is 1. The summed E-state index contributed by atoms with van der Waals surface area (Å²) in [5.41, 5.74) is -2.52. The molecular weight excluding hydrogens is 223 g/mol. The Balaban J connectivity index is 2.39. The third-order valence-corrected chi connectivity index (χ3v) is 3.04. The predicted octanol–water partition coefficient (Wildman–Crippen LogP) is 1.19. The van der Waals surface area contributed by atoms with E-state index < -0.39 is 17.9 Å². The summed E-state index contributed by atoms with van der Waals surface area (Å²) in [7, 11) is 0. The molecule has 3 N–H and O–H groups in total. The van der Waals surface area contributed by atoms with Gasteiger partial charge in [-0.3, -0.25) is 0 Å². The molecule has 1 unspecified atom stereocenters. The molecule has 0 radical (unpaired) electrons. The molecule has 0 aromatic carbocycles. The number of aliphatic hydroxyl groups excluding tert-OH is 1. The number of hydrogen-bond donors (Lipinski definition) is 3. The molecular formula is C10H18F3NO2. The number of alkyl halides is 3. The van der Waals surface area contributed by atoms with Crippen LogP contribution in [0.25, 0.3) is 0 Å². The van der Waals surface area contributed by atoms with Crippen LogP contribution in [0.2, 0.25) is 0 Å². The first-order chi connectivity index (χ1) is 7.24. The second kappa shape index (κ2) is 4.89. The SMILES string of the molecule is CC(O)CNC1CCC(O)(C(F)(F)F)CC1. The average molecular weight is 241 g/mol. The average Bonchev–Trinajstić information content (AvgIpc) is 2.15. The van der Waals surface area contributed by atoms with E-state index in [-0.39, 0.29) is 31.7 Å². The van der Waals surface area contributed by atoms with Crippen LogP contribution >= 0.6 is 0 Å². The Morgan fingerprint density at radius 2 is 1.88 bits per heavy atom. The Labute approximate surface area is 92.7 Å². The van der Waals surface area contributed by atoms with Crippen LogP contribution in [-0.4, -0.2) is 40.7 Å². The van der Waals surface area contributed by atoms with E-state index in [2.05, 4.69) is 5.32 Å². The van der Waals surface area contributed by atoms with Crippen LogP contribution in [0.15, 0.2) is 0 Å². The molecule has 0 bridgehead atoms. The van der Waals surface area contributed by atoms with Crippen molar-refractivity contribution in [3.05, 3.63) is 0 Å². The van der Waals surface area contributed by atoms with Gasteiger partial charge in [0.15, 0.2) is 5.60 Å². The van der Waals surface area contributed by atoms with Gasteiger partial charge in [0, 0.05) is 12.6 Å². The third kappa shape index (κ3) is 3.33. The van der Waals surface area contributed by atoms with Crippen molar-refractivity contribution in [3.8, 4) is 0 Å². The maximum absolute atomic E-state index is 12.5. The zero-order valence-electron chi connectivity index (χ0n) is 9.22. The van der Waals surface area contributed by atoms with E-state index >= 15 is 0 Å². The minimum atomic E-state index is -4.54. The van der Waals surface area contributed by atoms with Crippen molar-refractivity contribution in [2.75, 3.05) is 6.54 Å². The van der Waals surface area contributed by atoms with E-state index in [0.29, 0.717) is 6.54 Å². The Kier molecular flexibility index (Phi) is 4.20. The van der Waals surface area contributed by atoms with E-state index in [1.165, 1.54) is 0 Å². The van der Waals surface area contributed by atoms with Crippen LogP contribution in [0.3, 0.4) is 0 Å². The standard InChI is InChI=1S/C10H18F3NO2/c1-7(15)6-14-8-2-4-9(16,5-3-8)10(11,12)13/h7-8,14-16H,2-6H2,1H3. The summed E-state index contributed by atoms with van der Waals surface area (Å²) < 4.78 is 37.4. The summed E-state index contributed by atoms with van der Waals surface area (Å²) >= 11 is 0. The molecule has 1 aliphatic carbocycles. The largest absolute Gasteiger partial charge is 0.417 e. The van der Waals surface area contributed by atoms with Crippen molar-refractivity contribution in [2.45, 2.75) is 56.5 Å². The van der Waals surface area contributed by atoms with Crippen LogP contribution in [0.1, 0.15) is 32.6 Å². The van der Waals surface area contributed by atoms with Gasteiger partial charge in [0.05, 0.1) is 6.10 Å². The lowest BCUT2D eigenvalue weighted by atomic mass is 9.81. The Morgan fingerprint density at radius 1 is 1.38 bits per heavy atom. The maximum Gasteiger partial charge on any atom is 0.417 e. The van der Waals surface area contributed by atoms with Crippen LogP contribution in [0.5, 0.6) is 0 Å². The fourth-order valence-corrected chi connectivity index (χ4v) is 1.92. The summed E-state index contributed by atoms with van der Waals surface area (Å²) in [6.45, 7) is 1.98. The topological polar surface area (TPSA) is 52.5 Å². The van der Waals surface area contributed by atoms with Gasteiger partial charge in [-0.1, -0.05) is 0 Å². The molecule has 0 aliphatic heterocycles. The predicted molar refractivity (Wildman–Crippen MR) is 52.9 cm³/mol. The number of hydrogen-bond acceptors (Lipinski definition) is 3. The zero-order valence-corrected chi connectivity index (χ0v) is 9.22. The van der Waals surface area contributed by atoms with Crippen molar-refractivity contribution < 1.29 is 23.4 Å². The summed E-state index contributed by atoms with van der Waals surface area (Å²) in [6, 6.07) is -0.0442. The molecule has 1 aliphatic rings. The lowest BCUT2D eigenvalue weighted by Crippen LogP contribution is -2.51. The van der Waals surface area contributed by atoms with Crippen molar-refractivity contribution in [3.63, 3.8) is 0 Å². The molecule has 0 saturated heterocycles. The quantitative estimate of drug-likeness (QED) is 0.695. The fourth-order valence-electron chi connectivity index (χ4n) is 1.92. The molecule has 96 valence electrons. The van der Waals surface area contributed by atoms with Crippen LogP contribution in [0, 0.1) is 0 Å². The first-order valence-corrected chi connectivity index (χ1v) is 5.45. The second-order valence-corrected chi connectivity index (χ2v) is 4.56. The normalized spacial score (nSPS) is 33.8. The first-order valence-electron chi connectivity index (χ1n) is 5.45. The van der Waals surface area contributed by atoms with Crippen molar-refractivity contribution in [1.29, 1.82) is 0 Å². The lowest BCUT2D eigenvalue weighted by molar-refractivity contribution is -0.270. The molecule has 0 heterocycles. The highest BCUT2D eigenvalue weighted by molar-refractivity contribution is 4.93.